The molecular weight excluding hydrogens is 418 g/mol. The van der Waals surface area contributed by atoms with Crippen molar-refractivity contribution >= 4 is 27.3 Å². The second-order valence-electron chi connectivity index (χ2n) is 7.34. The first-order chi connectivity index (χ1) is 14.4. The number of carbonyl (C=O) groups excluding carboxylic acids is 1. The second-order valence-corrected chi connectivity index (χ2v) is 10.3. The molecule has 2 heterocycles. The second kappa shape index (κ2) is 8.29. The molecule has 30 heavy (non-hydrogen) atoms. The van der Waals surface area contributed by atoms with E-state index in [9.17, 15) is 13.2 Å². The van der Waals surface area contributed by atoms with Crippen molar-refractivity contribution in [1.29, 1.82) is 0 Å². The first-order valence-electron chi connectivity index (χ1n) is 9.74. The van der Waals surface area contributed by atoms with E-state index in [2.05, 4.69) is 4.98 Å². The van der Waals surface area contributed by atoms with E-state index in [1.807, 2.05) is 50.2 Å². The number of sulfonamides is 1. The topological polar surface area (TPSA) is 70.6 Å². The number of piperazine rings is 1. The van der Waals surface area contributed by atoms with Crippen molar-refractivity contribution in [3.63, 3.8) is 0 Å². The zero-order valence-corrected chi connectivity index (χ0v) is 18.5. The van der Waals surface area contributed by atoms with E-state index >= 15 is 0 Å². The molecule has 0 atom stereocenters. The summed E-state index contributed by atoms with van der Waals surface area (Å²) >= 11 is 1.36. The average molecular weight is 442 g/mol. The Bertz CT molecular complexity index is 1170. The number of aryl methyl sites for hydroxylation is 2. The molecule has 0 aliphatic carbocycles. The summed E-state index contributed by atoms with van der Waals surface area (Å²) in [6, 6.07) is 14.9. The Morgan fingerprint density at radius 3 is 2.33 bits per heavy atom. The largest absolute Gasteiger partial charge is 0.335 e. The lowest BCUT2D eigenvalue weighted by Crippen LogP contribution is -2.50. The average Bonchev–Trinajstić information content (AvgIpc) is 3.26. The first-order valence-corrected chi connectivity index (χ1v) is 12.0. The van der Waals surface area contributed by atoms with Gasteiger partial charge in [0.05, 0.1) is 11.1 Å². The number of amides is 1. The molecule has 0 spiro atoms. The number of hydrogen-bond acceptors (Lipinski definition) is 5. The van der Waals surface area contributed by atoms with Gasteiger partial charge in [0, 0.05) is 31.7 Å². The van der Waals surface area contributed by atoms with Crippen LogP contribution in [0.2, 0.25) is 0 Å². The van der Waals surface area contributed by atoms with Crippen LogP contribution in [0.4, 0.5) is 0 Å². The summed E-state index contributed by atoms with van der Waals surface area (Å²) in [6.07, 6.45) is 1.60. The lowest BCUT2D eigenvalue weighted by molar-refractivity contribution is 0.0702. The molecule has 1 saturated heterocycles. The fourth-order valence-electron chi connectivity index (χ4n) is 3.40. The van der Waals surface area contributed by atoms with Gasteiger partial charge in [-0.1, -0.05) is 36.4 Å². The molecule has 0 N–H and O–H groups in total. The van der Waals surface area contributed by atoms with Crippen LogP contribution < -0.4 is 0 Å². The molecule has 1 aliphatic heterocycles. The van der Waals surface area contributed by atoms with Gasteiger partial charge in [-0.25, -0.2) is 13.4 Å². The molecule has 1 amide bonds. The van der Waals surface area contributed by atoms with Gasteiger partial charge in [0.25, 0.3) is 5.91 Å². The Labute approximate surface area is 180 Å². The van der Waals surface area contributed by atoms with Crippen molar-refractivity contribution < 1.29 is 13.2 Å². The quantitative estimate of drug-likeness (QED) is 0.621. The van der Waals surface area contributed by atoms with Crippen LogP contribution in [0.5, 0.6) is 0 Å². The van der Waals surface area contributed by atoms with E-state index in [0.717, 1.165) is 21.7 Å². The maximum absolute atomic E-state index is 13.0. The fourth-order valence-corrected chi connectivity index (χ4v) is 5.80. The third-order valence-corrected chi connectivity index (χ3v) is 8.31. The fraction of sp³-hybridized carbons (Fsp3) is 0.273. The minimum Gasteiger partial charge on any atom is -0.335 e. The predicted molar refractivity (Wildman–Crippen MR) is 118 cm³/mol. The van der Waals surface area contributed by atoms with Gasteiger partial charge in [-0.15, -0.1) is 11.3 Å². The zero-order valence-electron chi connectivity index (χ0n) is 16.9. The number of thiazole rings is 1. The molecule has 1 aliphatic rings. The molecule has 0 saturated carbocycles. The molecule has 2 aromatic carbocycles. The molecule has 4 rings (SSSR count). The van der Waals surface area contributed by atoms with Gasteiger partial charge < -0.3 is 4.90 Å². The highest BCUT2D eigenvalue weighted by Crippen LogP contribution is 2.26. The van der Waals surface area contributed by atoms with E-state index in [1.165, 1.54) is 15.6 Å². The molecule has 8 heteroatoms. The van der Waals surface area contributed by atoms with Crippen LogP contribution in [0.25, 0.3) is 10.6 Å². The summed E-state index contributed by atoms with van der Waals surface area (Å²) in [5.41, 5.74) is 2.99. The highest BCUT2D eigenvalue weighted by atomic mass is 32.2. The molecule has 156 valence electrons. The molecular formula is C22H23N3O3S2. The Hall–Kier alpha value is -2.55. The van der Waals surface area contributed by atoms with Crippen molar-refractivity contribution in [2.24, 2.45) is 0 Å². The van der Waals surface area contributed by atoms with Crippen molar-refractivity contribution in [2.75, 3.05) is 26.2 Å². The zero-order chi connectivity index (χ0) is 21.3. The summed E-state index contributed by atoms with van der Waals surface area (Å²) in [6.45, 7) is 5.15. The SMILES string of the molecule is Cc1ccc(S(=O)(=O)N2CCN(C(=O)c3cnc(-c4ccccc4)s3)CC2)cc1C. The smallest absolute Gasteiger partial charge is 0.265 e. The molecule has 6 nitrogen and oxygen atoms in total. The highest BCUT2D eigenvalue weighted by Gasteiger charge is 2.31. The van der Waals surface area contributed by atoms with Gasteiger partial charge >= 0.3 is 0 Å². The Kier molecular flexibility index (Phi) is 5.73. The van der Waals surface area contributed by atoms with Crippen molar-refractivity contribution in [2.45, 2.75) is 18.7 Å². The van der Waals surface area contributed by atoms with Crippen LogP contribution in [-0.4, -0.2) is 54.7 Å². The predicted octanol–water partition coefficient (Wildman–Crippen LogP) is 3.57. The van der Waals surface area contributed by atoms with Crippen LogP contribution in [0.15, 0.2) is 59.6 Å². The number of hydrogen-bond donors (Lipinski definition) is 0. The summed E-state index contributed by atoms with van der Waals surface area (Å²) in [5.74, 6) is -0.0992. The summed E-state index contributed by atoms with van der Waals surface area (Å²) in [5, 5.41) is 0.801. The molecule has 3 aromatic rings. The van der Waals surface area contributed by atoms with Gasteiger partial charge in [-0.2, -0.15) is 4.31 Å². The lowest BCUT2D eigenvalue weighted by Gasteiger charge is -2.33. The first kappa shape index (κ1) is 20.7. The van der Waals surface area contributed by atoms with Crippen LogP contribution in [0.1, 0.15) is 20.8 Å². The Morgan fingerprint density at radius 1 is 0.967 bits per heavy atom. The Morgan fingerprint density at radius 2 is 1.67 bits per heavy atom. The van der Waals surface area contributed by atoms with Gasteiger partial charge in [0.1, 0.15) is 9.88 Å². The van der Waals surface area contributed by atoms with E-state index in [-0.39, 0.29) is 19.0 Å². The van der Waals surface area contributed by atoms with Crippen molar-refractivity contribution in [3.8, 4) is 10.6 Å². The molecule has 1 fully saturated rings. The summed E-state index contributed by atoms with van der Waals surface area (Å²) < 4.78 is 27.4. The lowest BCUT2D eigenvalue weighted by atomic mass is 10.1. The number of nitrogens with zero attached hydrogens (tertiary/aromatic N) is 3. The normalized spacial score (nSPS) is 15.3. The van der Waals surface area contributed by atoms with Crippen LogP contribution in [-0.2, 0) is 10.0 Å². The maximum Gasteiger partial charge on any atom is 0.265 e. The van der Waals surface area contributed by atoms with Crippen LogP contribution in [0, 0.1) is 13.8 Å². The van der Waals surface area contributed by atoms with Gasteiger partial charge in [0.2, 0.25) is 10.0 Å². The van der Waals surface area contributed by atoms with Crippen molar-refractivity contribution in [3.05, 3.63) is 70.7 Å². The molecule has 0 unspecified atom stereocenters. The minimum absolute atomic E-state index is 0.0992. The molecule has 1 aromatic heterocycles. The number of rotatable bonds is 4. The highest BCUT2D eigenvalue weighted by molar-refractivity contribution is 7.89. The van der Waals surface area contributed by atoms with Crippen LogP contribution >= 0.6 is 11.3 Å². The number of benzene rings is 2. The monoisotopic (exact) mass is 441 g/mol. The standard InChI is InChI=1S/C22H23N3O3S2/c1-16-8-9-19(14-17(16)2)30(27,28)25-12-10-24(11-13-25)22(26)20-15-23-21(29-20)18-6-4-3-5-7-18/h3-9,14-15H,10-13H2,1-2H3. The summed E-state index contributed by atoms with van der Waals surface area (Å²) in [7, 11) is -3.56. The third kappa shape index (κ3) is 4.03. The number of aromatic nitrogens is 1. The van der Waals surface area contributed by atoms with Gasteiger partial charge in [-0.3, -0.25) is 4.79 Å². The molecule has 0 bridgehead atoms. The van der Waals surface area contributed by atoms with Crippen molar-refractivity contribution in [1.82, 2.24) is 14.2 Å². The van der Waals surface area contributed by atoms with E-state index in [1.54, 1.807) is 23.2 Å². The van der Waals surface area contributed by atoms with Gasteiger partial charge in [0.15, 0.2) is 0 Å². The van der Waals surface area contributed by atoms with E-state index in [0.29, 0.717) is 22.9 Å². The van der Waals surface area contributed by atoms with E-state index < -0.39 is 10.0 Å². The van der Waals surface area contributed by atoms with Gasteiger partial charge in [-0.05, 0) is 37.1 Å². The maximum atomic E-state index is 13.0. The number of carbonyl (C=O) groups is 1. The third-order valence-electron chi connectivity index (χ3n) is 5.38. The minimum atomic E-state index is -3.56. The van der Waals surface area contributed by atoms with Crippen LogP contribution in [0.3, 0.4) is 0 Å². The van der Waals surface area contributed by atoms with E-state index in [4.69, 9.17) is 0 Å². The molecule has 0 radical (unpaired) electrons. The summed E-state index contributed by atoms with van der Waals surface area (Å²) in [4.78, 5) is 19.8. The Balaban J connectivity index is 1.43.